The van der Waals surface area contributed by atoms with Gasteiger partial charge in [0.2, 0.25) is 5.88 Å². The first-order chi connectivity index (χ1) is 12.8. The molecule has 27 heavy (non-hydrogen) atoms. The summed E-state index contributed by atoms with van der Waals surface area (Å²) in [5.74, 6) is 0.419. The average molecular weight is 380 g/mol. The monoisotopic (exact) mass is 380 g/mol. The number of rotatable bonds is 3. The van der Waals surface area contributed by atoms with Gasteiger partial charge in [0.25, 0.3) is 0 Å². The molecule has 0 bridgehead atoms. The molecule has 0 saturated carbocycles. The van der Waals surface area contributed by atoms with Crippen molar-refractivity contribution in [1.82, 2.24) is 15.1 Å². The van der Waals surface area contributed by atoms with Crippen molar-refractivity contribution in [2.24, 2.45) is 0 Å². The maximum absolute atomic E-state index is 13.0. The molecule has 0 radical (unpaired) electrons. The Labute approximate surface area is 154 Å². The Balaban J connectivity index is 1.55. The second-order valence-electron chi connectivity index (χ2n) is 6.29. The highest BCUT2D eigenvalue weighted by molar-refractivity contribution is 5.90. The normalized spacial score (nSPS) is 15.5. The van der Waals surface area contributed by atoms with Crippen molar-refractivity contribution in [2.75, 3.05) is 18.4 Å². The van der Waals surface area contributed by atoms with E-state index in [2.05, 4.69) is 15.5 Å². The highest BCUT2D eigenvalue weighted by Gasteiger charge is 2.34. The van der Waals surface area contributed by atoms with Crippen LogP contribution in [0.3, 0.4) is 0 Å². The Hall–Kier alpha value is -2.84. The standard InChI is InChI=1S/C18H19F3N4O2/c1-12-6-7-16(24-23-12)27-13-8-10-25(11-9-13)17(26)22-15-5-3-2-4-14(15)18(19,20)21/h2-7,13H,8-11H2,1H3,(H,22,26). The Bertz CT molecular complexity index is 788. The van der Waals surface area contributed by atoms with E-state index in [0.29, 0.717) is 31.8 Å². The first-order valence-electron chi connectivity index (χ1n) is 8.52. The van der Waals surface area contributed by atoms with E-state index < -0.39 is 17.8 Å². The lowest BCUT2D eigenvalue weighted by Crippen LogP contribution is -2.44. The minimum absolute atomic E-state index is 0.117. The highest BCUT2D eigenvalue weighted by atomic mass is 19.4. The quantitative estimate of drug-likeness (QED) is 0.878. The van der Waals surface area contributed by atoms with Crippen LogP contribution < -0.4 is 10.1 Å². The maximum atomic E-state index is 13.0. The number of para-hydroxylation sites is 1. The molecule has 2 aromatic rings. The summed E-state index contributed by atoms with van der Waals surface area (Å²) in [4.78, 5) is 13.8. The number of aromatic nitrogens is 2. The SMILES string of the molecule is Cc1ccc(OC2CCN(C(=O)Nc3ccccc3C(F)(F)F)CC2)nn1. The first-order valence-corrected chi connectivity index (χ1v) is 8.52. The number of likely N-dealkylation sites (tertiary alicyclic amines) is 1. The molecular weight excluding hydrogens is 361 g/mol. The number of anilines is 1. The Kier molecular flexibility index (Phi) is 5.48. The molecule has 2 heterocycles. The fourth-order valence-corrected chi connectivity index (χ4v) is 2.83. The zero-order valence-corrected chi connectivity index (χ0v) is 14.7. The van der Waals surface area contributed by atoms with Crippen LogP contribution in [-0.4, -0.2) is 40.3 Å². The van der Waals surface area contributed by atoms with Gasteiger partial charge >= 0.3 is 12.2 Å². The number of hydrogen-bond acceptors (Lipinski definition) is 4. The van der Waals surface area contributed by atoms with Gasteiger partial charge in [0.1, 0.15) is 6.10 Å². The van der Waals surface area contributed by atoms with E-state index in [-0.39, 0.29) is 11.8 Å². The van der Waals surface area contributed by atoms with E-state index in [0.717, 1.165) is 11.8 Å². The average Bonchev–Trinajstić information content (AvgIpc) is 2.64. The maximum Gasteiger partial charge on any atom is 0.418 e. The van der Waals surface area contributed by atoms with Gasteiger partial charge in [-0.3, -0.25) is 0 Å². The number of carbonyl (C=O) groups is 1. The highest BCUT2D eigenvalue weighted by Crippen LogP contribution is 2.34. The van der Waals surface area contributed by atoms with Crippen molar-refractivity contribution in [3.63, 3.8) is 0 Å². The molecule has 1 aromatic heterocycles. The van der Waals surface area contributed by atoms with Gasteiger partial charge in [-0.05, 0) is 25.1 Å². The number of urea groups is 1. The number of alkyl halides is 3. The third-order valence-corrected chi connectivity index (χ3v) is 4.26. The molecule has 3 rings (SSSR count). The summed E-state index contributed by atoms with van der Waals surface area (Å²) in [6, 6.07) is 7.90. The van der Waals surface area contributed by atoms with E-state index in [9.17, 15) is 18.0 Å². The molecule has 1 aliphatic heterocycles. The van der Waals surface area contributed by atoms with E-state index in [1.165, 1.54) is 23.1 Å². The second-order valence-corrected chi connectivity index (χ2v) is 6.29. The van der Waals surface area contributed by atoms with Crippen LogP contribution in [0.2, 0.25) is 0 Å². The lowest BCUT2D eigenvalue weighted by Gasteiger charge is -2.32. The summed E-state index contributed by atoms with van der Waals surface area (Å²) in [6.07, 6.45) is -3.53. The minimum Gasteiger partial charge on any atom is -0.473 e. The number of amides is 2. The van der Waals surface area contributed by atoms with Crippen molar-refractivity contribution in [1.29, 1.82) is 0 Å². The summed E-state index contributed by atoms with van der Waals surface area (Å²) in [5.41, 5.74) is -0.328. The number of aryl methyl sites for hydroxylation is 1. The molecule has 2 amide bonds. The van der Waals surface area contributed by atoms with Crippen LogP contribution in [0.4, 0.5) is 23.7 Å². The van der Waals surface area contributed by atoms with Gasteiger partial charge in [-0.25, -0.2) is 4.79 Å². The molecule has 0 atom stereocenters. The van der Waals surface area contributed by atoms with Crippen molar-refractivity contribution in [3.05, 3.63) is 47.7 Å². The van der Waals surface area contributed by atoms with Crippen molar-refractivity contribution >= 4 is 11.7 Å². The number of nitrogens with zero attached hydrogens (tertiary/aromatic N) is 3. The number of benzene rings is 1. The zero-order chi connectivity index (χ0) is 19.4. The van der Waals surface area contributed by atoms with Gasteiger partial charge < -0.3 is 15.0 Å². The minimum atomic E-state index is -4.53. The number of halogens is 3. The number of carbonyl (C=O) groups excluding carboxylic acids is 1. The molecule has 0 unspecified atom stereocenters. The van der Waals surface area contributed by atoms with Crippen LogP contribution in [0, 0.1) is 6.92 Å². The Morgan fingerprint density at radius 3 is 2.48 bits per heavy atom. The van der Waals surface area contributed by atoms with Gasteiger partial charge in [-0.15, -0.1) is 5.10 Å². The zero-order valence-electron chi connectivity index (χ0n) is 14.7. The number of nitrogens with one attached hydrogen (secondary N) is 1. The molecule has 1 N–H and O–H groups in total. The largest absolute Gasteiger partial charge is 0.473 e. The third kappa shape index (κ3) is 4.87. The third-order valence-electron chi connectivity index (χ3n) is 4.26. The van der Waals surface area contributed by atoms with Crippen molar-refractivity contribution in [3.8, 4) is 5.88 Å². The molecule has 6 nitrogen and oxygen atoms in total. The molecule has 0 spiro atoms. The topological polar surface area (TPSA) is 67.3 Å². The van der Waals surface area contributed by atoms with Crippen LogP contribution >= 0.6 is 0 Å². The predicted octanol–water partition coefficient (Wildman–Crippen LogP) is 3.88. The molecule has 1 aromatic carbocycles. The van der Waals surface area contributed by atoms with E-state index in [1.807, 2.05) is 6.92 Å². The van der Waals surface area contributed by atoms with E-state index >= 15 is 0 Å². The Morgan fingerprint density at radius 2 is 1.85 bits per heavy atom. The summed E-state index contributed by atoms with van der Waals surface area (Å²) in [7, 11) is 0. The van der Waals surface area contributed by atoms with Gasteiger partial charge in [-0.2, -0.15) is 18.3 Å². The predicted molar refractivity (Wildman–Crippen MR) is 92.5 cm³/mol. The van der Waals surface area contributed by atoms with Gasteiger partial charge in [0, 0.05) is 32.0 Å². The van der Waals surface area contributed by atoms with Crippen molar-refractivity contribution in [2.45, 2.75) is 32.0 Å². The van der Waals surface area contributed by atoms with E-state index in [4.69, 9.17) is 4.74 Å². The van der Waals surface area contributed by atoms with Crippen LogP contribution in [0.1, 0.15) is 24.1 Å². The van der Waals surface area contributed by atoms with Crippen LogP contribution in [0.25, 0.3) is 0 Å². The summed E-state index contributed by atoms with van der Waals surface area (Å²) < 4.78 is 44.8. The molecule has 144 valence electrons. The van der Waals surface area contributed by atoms with Gasteiger partial charge in [0.15, 0.2) is 0 Å². The van der Waals surface area contributed by atoms with Crippen LogP contribution in [-0.2, 0) is 6.18 Å². The Morgan fingerprint density at radius 1 is 1.15 bits per heavy atom. The molecule has 9 heteroatoms. The van der Waals surface area contributed by atoms with Gasteiger partial charge in [-0.1, -0.05) is 12.1 Å². The summed E-state index contributed by atoms with van der Waals surface area (Å²) >= 11 is 0. The van der Waals surface area contributed by atoms with Crippen molar-refractivity contribution < 1.29 is 22.7 Å². The van der Waals surface area contributed by atoms with Crippen LogP contribution in [0.15, 0.2) is 36.4 Å². The summed E-state index contributed by atoms with van der Waals surface area (Å²) in [6.45, 7) is 2.58. The number of ether oxygens (including phenoxy) is 1. The second kappa shape index (κ2) is 7.81. The molecular formula is C18H19F3N4O2. The number of piperidine rings is 1. The fourth-order valence-electron chi connectivity index (χ4n) is 2.83. The van der Waals surface area contributed by atoms with Gasteiger partial charge in [0.05, 0.1) is 16.9 Å². The smallest absolute Gasteiger partial charge is 0.418 e. The lowest BCUT2D eigenvalue weighted by molar-refractivity contribution is -0.136. The van der Waals surface area contributed by atoms with Crippen LogP contribution in [0.5, 0.6) is 5.88 Å². The summed E-state index contributed by atoms with van der Waals surface area (Å²) in [5, 5.41) is 10.2. The number of hydrogen-bond donors (Lipinski definition) is 1. The van der Waals surface area contributed by atoms with E-state index in [1.54, 1.807) is 12.1 Å². The fraction of sp³-hybridized carbons (Fsp3) is 0.389. The first kappa shape index (κ1) is 18.9. The molecule has 1 aliphatic rings. The molecule has 0 aliphatic carbocycles. The lowest BCUT2D eigenvalue weighted by atomic mass is 10.1. The molecule has 1 fully saturated rings. The molecule has 1 saturated heterocycles.